The quantitative estimate of drug-likeness (QED) is 0.270. The van der Waals surface area contributed by atoms with Crippen LogP contribution in [0, 0.1) is 19.8 Å². The molecule has 0 saturated carbocycles. The standard InChI is InChI=1S/C17H33N5.HI/c1-6-8-9-10-19-17(18-7-2)20-12-14(3)13-22-16(5)11-15(4)21-22;/h11,14H,6-10,12-13H2,1-5H3,(H2,18,19,20);1H. The Morgan fingerprint density at radius 1 is 1.26 bits per heavy atom. The van der Waals surface area contributed by atoms with Gasteiger partial charge < -0.3 is 10.6 Å². The summed E-state index contributed by atoms with van der Waals surface area (Å²) in [6.45, 7) is 14.3. The highest BCUT2D eigenvalue weighted by Gasteiger charge is 2.07. The van der Waals surface area contributed by atoms with E-state index >= 15 is 0 Å². The van der Waals surface area contributed by atoms with E-state index < -0.39 is 0 Å². The topological polar surface area (TPSA) is 54.2 Å². The molecule has 0 aliphatic heterocycles. The van der Waals surface area contributed by atoms with E-state index in [1.807, 2.05) is 6.92 Å². The summed E-state index contributed by atoms with van der Waals surface area (Å²) in [5, 5.41) is 11.2. The maximum atomic E-state index is 4.70. The Bertz CT molecular complexity index is 456. The lowest BCUT2D eigenvalue weighted by Crippen LogP contribution is -2.38. The molecule has 0 bridgehead atoms. The SMILES string of the molecule is CCCCCNC(=NCC(C)Cn1nc(C)cc1C)NCC.I. The fraction of sp³-hybridized carbons (Fsp3) is 0.765. The molecule has 1 heterocycles. The van der Waals surface area contributed by atoms with E-state index in [0.717, 1.165) is 37.8 Å². The highest BCUT2D eigenvalue weighted by Crippen LogP contribution is 2.06. The first-order valence-corrected chi connectivity index (χ1v) is 8.60. The molecule has 0 spiro atoms. The molecule has 1 aromatic rings. The van der Waals surface area contributed by atoms with E-state index in [9.17, 15) is 0 Å². The van der Waals surface area contributed by atoms with Crippen molar-refractivity contribution in [1.82, 2.24) is 20.4 Å². The number of guanidine groups is 1. The highest BCUT2D eigenvalue weighted by atomic mass is 127. The van der Waals surface area contributed by atoms with Crippen LogP contribution in [0.5, 0.6) is 0 Å². The average Bonchev–Trinajstić information content (AvgIpc) is 2.78. The monoisotopic (exact) mass is 435 g/mol. The summed E-state index contributed by atoms with van der Waals surface area (Å²) in [6, 6.07) is 2.12. The summed E-state index contributed by atoms with van der Waals surface area (Å²) in [4.78, 5) is 4.70. The fourth-order valence-electron chi connectivity index (χ4n) is 2.38. The molecule has 0 aliphatic carbocycles. The summed E-state index contributed by atoms with van der Waals surface area (Å²) < 4.78 is 2.08. The average molecular weight is 435 g/mol. The van der Waals surface area contributed by atoms with Crippen LogP contribution in [-0.4, -0.2) is 35.4 Å². The molecule has 0 aliphatic rings. The van der Waals surface area contributed by atoms with Crippen molar-refractivity contribution in [3.8, 4) is 0 Å². The van der Waals surface area contributed by atoms with Crippen molar-refractivity contribution < 1.29 is 0 Å². The summed E-state index contributed by atoms with van der Waals surface area (Å²) in [5.41, 5.74) is 2.30. The van der Waals surface area contributed by atoms with E-state index in [1.165, 1.54) is 25.0 Å². The zero-order chi connectivity index (χ0) is 16.4. The Morgan fingerprint density at radius 3 is 2.57 bits per heavy atom. The molecule has 0 aromatic carbocycles. The molecule has 1 atom stereocenters. The maximum Gasteiger partial charge on any atom is 0.191 e. The van der Waals surface area contributed by atoms with Crippen molar-refractivity contribution in [2.45, 2.75) is 60.4 Å². The second-order valence-corrected chi connectivity index (χ2v) is 6.07. The first-order valence-electron chi connectivity index (χ1n) is 8.60. The number of hydrogen-bond acceptors (Lipinski definition) is 2. The third-order valence-electron chi connectivity index (χ3n) is 3.57. The van der Waals surface area contributed by atoms with E-state index in [-0.39, 0.29) is 24.0 Å². The van der Waals surface area contributed by atoms with E-state index in [1.54, 1.807) is 0 Å². The number of halogens is 1. The molecular weight excluding hydrogens is 401 g/mol. The van der Waals surface area contributed by atoms with Gasteiger partial charge in [-0.1, -0.05) is 26.7 Å². The molecular formula is C17H34IN5. The number of hydrogen-bond donors (Lipinski definition) is 2. The second kappa shape index (κ2) is 12.6. The third-order valence-corrected chi connectivity index (χ3v) is 3.57. The van der Waals surface area contributed by atoms with Gasteiger partial charge in [-0.15, -0.1) is 24.0 Å². The van der Waals surface area contributed by atoms with Gasteiger partial charge in [-0.2, -0.15) is 5.10 Å². The molecule has 134 valence electrons. The van der Waals surface area contributed by atoms with Crippen molar-refractivity contribution in [1.29, 1.82) is 0 Å². The van der Waals surface area contributed by atoms with E-state index in [2.05, 4.69) is 54.2 Å². The van der Waals surface area contributed by atoms with Gasteiger partial charge in [0.15, 0.2) is 5.96 Å². The number of rotatable bonds is 9. The molecule has 1 unspecified atom stereocenters. The predicted molar refractivity (Wildman–Crippen MR) is 110 cm³/mol. The van der Waals surface area contributed by atoms with Gasteiger partial charge in [0.2, 0.25) is 0 Å². The molecule has 0 radical (unpaired) electrons. The predicted octanol–water partition coefficient (Wildman–Crippen LogP) is 3.50. The van der Waals surface area contributed by atoms with Gasteiger partial charge in [0, 0.05) is 31.9 Å². The molecule has 1 aromatic heterocycles. The number of unbranched alkanes of at least 4 members (excludes halogenated alkanes) is 2. The number of nitrogens with one attached hydrogen (secondary N) is 2. The molecule has 2 N–H and O–H groups in total. The lowest BCUT2D eigenvalue weighted by Gasteiger charge is -2.14. The van der Waals surface area contributed by atoms with Crippen molar-refractivity contribution >= 4 is 29.9 Å². The molecule has 23 heavy (non-hydrogen) atoms. The van der Waals surface area contributed by atoms with Crippen molar-refractivity contribution in [3.05, 3.63) is 17.5 Å². The third kappa shape index (κ3) is 9.17. The normalized spacial score (nSPS) is 12.7. The van der Waals surface area contributed by atoms with Crippen LogP contribution in [0.4, 0.5) is 0 Å². The van der Waals surface area contributed by atoms with Crippen LogP contribution in [0.1, 0.15) is 51.4 Å². The first-order chi connectivity index (χ1) is 10.6. The number of aryl methyl sites for hydroxylation is 2. The molecule has 0 saturated heterocycles. The van der Waals surface area contributed by atoms with Gasteiger partial charge in [-0.05, 0) is 39.2 Å². The lowest BCUT2D eigenvalue weighted by atomic mass is 10.2. The van der Waals surface area contributed by atoms with Crippen LogP contribution in [0.15, 0.2) is 11.1 Å². The van der Waals surface area contributed by atoms with Gasteiger partial charge in [0.1, 0.15) is 0 Å². The largest absolute Gasteiger partial charge is 0.357 e. The molecule has 0 fully saturated rings. The molecule has 0 amide bonds. The Balaban J connectivity index is 0.00000484. The Labute approximate surface area is 158 Å². The summed E-state index contributed by atoms with van der Waals surface area (Å²) >= 11 is 0. The van der Waals surface area contributed by atoms with Crippen LogP contribution in [0.25, 0.3) is 0 Å². The van der Waals surface area contributed by atoms with E-state index in [0.29, 0.717) is 5.92 Å². The smallest absolute Gasteiger partial charge is 0.191 e. The fourth-order valence-corrected chi connectivity index (χ4v) is 2.38. The van der Waals surface area contributed by atoms with Gasteiger partial charge in [0.05, 0.1) is 5.69 Å². The van der Waals surface area contributed by atoms with Gasteiger partial charge in [-0.3, -0.25) is 9.67 Å². The highest BCUT2D eigenvalue weighted by molar-refractivity contribution is 14.0. The first kappa shape index (κ1) is 22.2. The Morgan fingerprint density at radius 2 is 2.00 bits per heavy atom. The molecule has 1 rings (SSSR count). The van der Waals surface area contributed by atoms with E-state index in [4.69, 9.17) is 4.99 Å². The zero-order valence-corrected chi connectivity index (χ0v) is 17.7. The van der Waals surface area contributed by atoms with Gasteiger partial charge >= 0.3 is 0 Å². The minimum absolute atomic E-state index is 0. The molecule has 5 nitrogen and oxygen atoms in total. The Kier molecular flexibility index (Phi) is 12.2. The minimum atomic E-state index is 0. The van der Waals surface area contributed by atoms with Crippen LogP contribution < -0.4 is 10.6 Å². The van der Waals surface area contributed by atoms with Crippen LogP contribution in [0.2, 0.25) is 0 Å². The summed E-state index contributed by atoms with van der Waals surface area (Å²) in [5.74, 6) is 1.39. The Hall–Kier alpha value is -0.790. The van der Waals surface area contributed by atoms with Crippen molar-refractivity contribution in [2.75, 3.05) is 19.6 Å². The second-order valence-electron chi connectivity index (χ2n) is 6.07. The van der Waals surface area contributed by atoms with Crippen molar-refractivity contribution in [3.63, 3.8) is 0 Å². The minimum Gasteiger partial charge on any atom is -0.357 e. The number of aromatic nitrogens is 2. The van der Waals surface area contributed by atoms with Crippen LogP contribution in [-0.2, 0) is 6.54 Å². The number of aliphatic imine (C=N–C) groups is 1. The maximum absolute atomic E-state index is 4.70. The molecule has 6 heteroatoms. The van der Waals surface area contributed by atoms with Crippen LogP contribution in [0.3, 0.4) is 0 Å². The summed E-state index contributed by atoms with van der Waals surface area (Å²) in [7, 11) is 0. The van der Waals surface area contributed by atoms with Gasteiger partial charge in [-0.25, -0.2) is 0 Å². The lowest BCUT2D eigenvalue weighted by molar-refractivity contribution is 0.449. The zero-order valence-electron chi connectivity index (χ0n) is 15.4. The number of nitrogens with zero attached hydrogens (tertiary/aromatic N) is 3. The summed E-state index contributed by atoms with van der Waals surface area (Å²) in [6.07, 6.45) is 3.71. The van der Waals surface area contributed by atoms with Gasteiger partial charge in [0.25, 0.3) is 0 Å². The van der Waals surface area contributed by atoms with Crippen LogP contribution >= 0.6 is 24.0 Å². The van der Waals surface area contributed by atoms with Crippen molar-refractivity contribution in [2.24, 2.45) is 10.9 Å².